The van der Waals surface area contributed by atoms with Gasteiger partial charge in [0.2, 0.25) is 0 Å². The second-order valence-electron chi connectivity index (χ2n) is 9.89. The van der Waals surface area contributed by atoms with Gasteiger partial charge in [0.15, 0.2) is 0 Å². The van der Waals surface area contributed by atoms with Crippen LogP contribution < -0.4 is 0 Å². The summed E-state index contributed by atoms with van der Waals surface area (Å²) in [5, 5.41) is 10.2. The minimum absolute atomic E-state index is 0.0268. The number of esters is 2. The van der Waals surface area contributed by atoms with E-state index in [0.717, 1.165) is 44.9 Å². The van der Waals surface area contributed by atoms with Crippen LogP contribution in [0.25, 0.3) is 0 Å². The third kappa shape index (κ3) is 3.10. The van der Waals surface area contributed by atoms with Crippen molar-refractivity contribution in [3.8, 4) is 0 Å². The molecule has 7 atom stereocenters. The molecule has 0 aromatic carbocycles. The number of fused-ring (bicyclic) bond motifs is 5. The van der Waals surface area contributed by atoms with Crippen molar-refractivity contribution in [2.24, 2.45) is 28.6 Å². The monoisotopic (exact) mass is 390 g/mol. The molecular weight excluding hydrogens is 356 g/mol. The van der Waals surface area contributed by atoms with Crippen LogP contribution in [0.1, 0.15) is 72.1 Å². The summed E-state index contributed by atoms with van der Waals surface area (Å²) in [6, 6.07) is 0. The van der Waals surface area contributed by atoms with Gasteiger partial charge in [-0.3, -0.25) is 9.59 Å². The Balaban J connectivity index is 1.64. The lowest BCUT2D eigenvalue weighted by atomic mass is 9.47. The van der Waals surface area contributed by atoms with Crippen LogP contribution in [-0.4, -0.2) is 35.9 Å². The van der Waals surface area contributed by atoms with E-state index in [1.54, 1.807) is 0 Å². The molecule has 3 saturated carbocycles. The Hall–Kier alpha value is -1.36. The smallest absolute Gasteiger partial charge is 0.302 e. The fraction of sp³-hybridized carbons (Fsp3) is 0.826. The average molecular weight is 391 g/mol. The maximum Gasteiger partial charge on any atom is 0.302 e. The third-order valence-corrected chi connectivity index (χ3v) is 8.56. The average Bonchev–Trinajstić information content (AvgIpc) is 2.96. The van der Waals surface area contributed by atoms with Gasteiger partial charge in [-0.2, -0.15) is 0 Å². The number of carbonyl (C=O) groups is 2. The van der Waals surface area contributed by atoms with Crippen molar-refractivity contribution < 1.29 is 24.2 Å². The Morgan fingerprint density at radius 1 is 1.11 bits per heavy atom. The highest BCUT2D eigenvalue weighted by molar-refractivity contribution is 5.66. The standard InChI is InChI=1S/C23H34O5/c1-14(24)27-13-23-11-8-17(26)12-16(23)4-5-18-19-6-7-21(28-15(2)25)22(19,3)10-9-20(18)23/h4,17-21,26H,5-13H2,1-3H3/t17-,18-,19-,20-,21-,22-,23+/m0/s1. The van der Waals surface area contributed by atoms with Crippen LogP contribution in [0, 0.1) is 28.6 Å². The summed E-state index contributed by atoms with van der Waals surface area (Å²) >= 11 is 0. The zero-order valence-corrected chi connectivity index (χ0v) is 17.4. The van der Waals surface area contributed by atoms with E-state index in [4.69, 9.17) is 9.47 Å². The van der Waals surface area contributed by atoms with E-state index < -0.39 is 0 Å². The van der Waals surface area contributed by atoms with E-state index >= 15 is 0 Å². The predicted molar refractivity (Wildman–Crippen MR) is 104 cm³/mol. The molecular formula is C23H34O5. The van der Waals surface area contributed by atoms with Crippen molar-refractivity contribution >= 4 is 11.9 Å². The summed E-state index contributed by atoms with van der Waals surface area (Å²) in [4.78, 5) is 23.2. The van der Waals surface area contributed by atoms with E-state index in [9.17, 15) is 14.7 Å². The molecule has 0 heterocycles. The van der Waals surface area contributed by atoms with Crippen LogP contribution in [0.5, 0.6) is 0 Å². The summed E-state index contributed by atoms with van der Waals surface area (Å²) in [6.07, 6.45) is 9.69. The Kier molecular flexibility index (Phi) is 5.09. The van der Waals surface area contributed by atoms with Crippen LogP contribution in [0.3, 0.4) is 0 Å². The first-order valence-corrected chi connectivity index (χ1v) is 10.9. The molecule has 0 aromatic heterocycles. The zero-order valence-electron chi connectivity index (χ0n) is 17.4. The van der Waals surface area contributed by atoms with Gasteiger partial charge in [-0.05, 0) is 69.1 Å². The Morgan fingerprint density at radius 3 is 2.61 bits per heavy atom. The van der Waals surface area contributed by atoms with Crippen LogP contribution in [-0.2, 0) is 19.1 Å². The number of carbonyl (C=O) groups excluding carboxylic acids is 2. The number of aliphatic hydroxyl groups excluding tert-OH is 1. The van der Waals surface area contributed by atoms with Gasteiger partial charge in [0, 0.05) is 24.7 Å². The molecule has 4 rings (SSSR count). The minimum atomic E-state index is -0.276. The van der Waals surface area contributed by atoms with E-state index in [-0.39, 0.29) is 35.0 Å². The highest BCUT2D eigenvalue weighted by atomic mass is 16.5. The van der Waals surface area contributed by atoms with Crippen LogP contribution in [0.15, 0.2) is 11.6 Å². The predicted octanol–water partition coefficient (Wildman–Crippen LogP) is 3.79. The highest BCUT2D eigenvalue weighted by Gasteiger charge is 2.61. The maximum atomic E-state index is 11.6. The normalized spacial score (nSPS) is 44.6. The Morgan fingerprint density at radius 2 is 1.89 bits per heavy atom. The first-order chi connectivity index (χ1) is 13.3. The minimum Gasteiger partial charge on any atom is -0.465 e. The molecule has 0 unspecified atom stereocenters. The molecule has 0 amide bonds. The summed E-state index contributed by atoms with van der Waals surface area (Å²) in [5.74, 6) is 1.16. The van der Waals surface area contributed by atoms with Crippen LogP contribution >= 0.6 is 0 Å². The zero-order chi connectivity index (χ0) is 20.1. The van der Waals surface area contributed by atoms with Gasteiger partial charge in [-0.1, -0.05) is 18.6 Å². The molecule has 5 heteroatoms. The molecule has 0 saturated heterocycles. The number of ether oxygens (including phenoxy) is 2. The maximum absolute atomic E-state index is 11.6. The van der Waals surface area contributed by atoms with Gasteiger partial charge in [-0.15, -0.1) is 0 Å². The van der Waals surface area contributed by atoms with Gasteiger partial charge < -0.3 is 14.6 Å². The van der Waals surface area contributed by atoms with Crippen molar-refractivity contribution in [2.75, 3.05) is 6.61 Å². The lowest BCUT2D eigenvalue weighted by Gasteiger charge is -2.58. The molecule has 0 aliphatic heterocycles. The van der Waals surface area contributed by atoms with Crippen molar-refractivity contribution in [1.82, 2.24) is 0 Å². The number of allylic oxidation sites excluding steroid dienone is 1. The summed E-state index contributed by atoms with van der Waals surface area (Å²) in [6.45, 7) is 5.76. The van der Waals surface area contributed by atoms with Gasteiger partial charge >= 0.3 is 11.9 Å². The first kappa shape index (κ1) is 19.9. The number of hydrogen-bond acceptors (Lipinski definition) is 5. The lowest BCUT2D eigenvalue weighted by molar-refractivity contribution is -0.159. The van der Waals surface area contributed by atoms with Crippen LogP contribution in [0.2, 0.25) is 0 Å². The number of aliphatic hydroxyl groups is 1. The second kappa shape index (κ2) is 7.16. The molecule has 0 aromatic rings. The molecule has 4 aliphatic rings. The van der Waals surface area contributed by atoms with Crippen molar-refractivity contribution in [2.45, 2.75) is 84.3 Å². The van der Waals surface area contributed by atoms with E-state index in [1.165, 1.54) is 19.4 Å². The van der Waals surface area contributed by atoms with Crippen molar-refractivity contribution in [3.63, 3.8) is 0 Å². The molecule has 0 radical (unpaired) electrons. The molecule has 0 bridgehead atoms. The second-order valence-corrected chi connectivity index (χ2v) is 9.89. The van der Waals surface area contributed by atoms with Gasteiger partial charge in [0.25, 0.3) is 0 Å². The summed E-state index contributed by atoms with van der Waals surface area (Å²) in [5.41, 5.74) is 1.25. The van der Waals surface area contributed by atoms with E-state index in [2.05, 4.69) is 13.0 Å². The van der Waals surface area contributed by atoms with Gasteiger partial charge in [0.05, 0.1) is 6.10 Å². The molecule has 0 spiro atoms. The SMILES string of the molecule is CC(=O)OC[C@]12CC[C@H](O)CC1=CC[C@@H]1[C@@H]2CC[C@]2(C)[C@@H](OC(C)=O)CC[C@@H]12. The van der Waals surface area contributed by atoms with Crippen molar-refractivity contribution in [3.05, 3.63) is 11.6 Å². The Labute approximate surface area is 167 Å². The lowest BCUT2D eigenvalue weighted by Crippen LogP contribution is -2.54. The van der Waals surface area contributed by atoms with E-state index in [1.807, 2.05) is 0 Å². The molecule has 156 valence electrons. The quantitative estimate of drug-likeness (QED) is 0.586. The molecule has 3 fully saturated rings. The number of hydrogen-bond donors (Lipinski definition) is 1. The molecule has 4 aliphatic carbocycles. The van der Waals surface area contributed by atoms with Crippen LogP contribution in [0.4, 0.5) is 0 Å². The molecule has 1 N–H and O–H groups in total. The molecule has 28 heavy (non-hydrogen) atoms. The first-order valence-electron chi connectivity index (χ1n) is 10.9. The fourth-order valence-electron chi connectivity index (χ4n) is 7.28. The Bertz CT molecular complexity index is 684. The van der Waals surface area contributed by atoms with Gasteiger partial charge in [0.1, 0.15) is 12.7 Å². The van der Waals surface area contributed by atoms with E-state index in [0.29, 0.717) is 30.8 Å². The largest absolute Gasteiger partial charge is 0.465 e. The summed E-state index contributed by atoms with van der Waals surface area (Å²) < 4.78 is 11.3. The fourth-order valence-corrected chi connectivity index (χ4v) is 7.28. The topological polar surface area (TPSA) is 72.8 Å². The van der Waals surface area contributed by atoms with Gasteiger partial charge in [-0.25, -0.2) is 0 Å². The highest BCUT2D eigenvalue weighted by Crippen LogP contribution is 2.65. The summed E-state index contributed by atoms with van der Waals surface area (Å²) in [7, 11) is 0. The molecule has 5 nitrogen and oxygen atoms in total. The number of rotatable bonds is 3. The third-order valence-electron chi connectivity index (χ3n) is 8.56. The van der Waals surface area contributed by atoms with Crippen molar-refractivity contribution in [1.29, 1.82) is 0 Å².